The summed E-state index contributed by atoms with van der Waals surface area (Å²) in [7, 11) is 1.93. The Morgan fingerprint density at radius 2 is 2.10 bits per heavy atom. The van der Waals surface area contributed by atoms with Gasteiger partial charge in [-0.25, -0.2) is 0 Å². The number of nitrogens with one attached hydrogen (secondary N) is 1. The molecule has 110 valence electrons. The van der Waals surface area contributed by atoms with Crippen molar-refractivity contribution >= 4 is 24.2 Å². The van der Waals surface area contributed by atoms with Gasteiger partial charge in [0, 0.05) is 17.4 Å². The fraction of sp³-hybridized carbons (Fsp3) is 0.429. The molecule has 0 amide bonds. The van der Waals surface area contributed by atoms with Crippen LogP contribution >= 0.6 is 24.2 Å². The molecule has 1 atom stereocenters. The summed E-state index contributed by atoms with van der Waals surface area (Å²) in [6.07, 6.45) is 0.787. The summed E-state index contributed by atoms with van der Waals surface area (Å²) in [6, 6.07) is 8.66. The number of nitrogens with zero attached hydrogens (tertiary/aromatic N) is 2. The summed E-state index contributed by atoms with van der Waals surface area (Å²) < 4.78 is 5.26. The maximum atomic E-state index is 5.26. The van der Waals surface area contributed by atoms with Crippen molar-refractivity contribution in [3.63, 3.8) is 0 Å². The van der Waals surface area contributed by atoms with E-state index in [1.807, 2.05) is 19.2 Å². The molecule has 0 fully saturated rings. The summed E-state index contributed by atoms with van der Waals surface area (Å²) in [4.78, 5) is 5.66. The van der Waals surface area contributed by atoms with Crippen LogP contribution in [0.2, 0.25) is 0 Å². The fourth-order valence-electron chi connectivity index (χ4n) is 1.67. The smallest absolute Gasteiger partial charge is 0.237 e. The lowest BCUT2D eigenvalue weighted by molar-refractivity contribution is 0.382. The van der Waals surface area contributed by atoms with E-state index < -0.39 is 0 Å². The van der Waals surface area contributed by atoms with Gasteiger partial charge in [0.25, 0.3) is 0 Å². The Balaban J connectivity index is 0.00000200. The molecule has 4 nitrogen and oxygen atoms in total. The van der Waals surface area contributed by atoms with Gasteiger partial charge in [0.15, 0.2) is 5.82 Å². The number of thioether (sulfide) groups is 1. The van der Waals surface area contributed by atoms with E-state index in [1.165, 1.54) is 10.5 Å². The van der Waals surface area contributed by atoms with Crippen LogP contribution in [-0.4, -0.2) is 23.2 Å². The minimum absolute atomic E-state index is 0. The zero-order chi connectivity index (χ0) is 13.7. The molecular weight excluding hydrogens is 294 g/mol. The van der Waals surface area contributed by atoms with E-state index in [9.17, 15) is 0 Å². The van der Waals surface area contributed by atoms with E-state index in [4.69, 9.17) is 4.52 Å². The minimum Gasteiger partial charge on any atom is -0.338 e. The molecule has 6 heteroatoms. The van der Waals surface area contributed by atoms with Gasteiger partial charge in [-0.3, -0.25) is 0 Å². The highest BCUT2D eigenvalue weighted by molar-refractivity contribution is 7.98. The molecule has 0 saturated carbocycles. The maximum absolute atomic E-state index is 5.26. The second kappa shape index (κ2) is 8.29. The summed E-state index contributed by atoms with van der Waals surface area (Å²) >= 11 is 1.73. The average Bonchev–Trinajstić information content (AvgIpc) is 2.85. The largest absolute Gasteiger partial charge is 0.338 e. The Bertz CT molecular complexity index is 533. The standard InChI is InChI=1S/C14H19N3OS.ClH/c1-10-6-4-5-7-12(10)19-9-14-16-13(17-18-14)8-11(2)15-3;/h4-7,11,15H,8-9H2,1-3H3;1H. The van der Waals surface area contributed by atoms with Crippen LogP contribution in [0.3, 0.4) is 0 Å². The molecule has 0 spiro atoms. The van der Waals surface area contributed by atoms with Crippen molar-refractivity contribution in [2.24, 2.45) is 0 Å². The summed E-state index contributed by atoms with van der Waals surface area (Å²) in [6.45, 7) is 4.20. The van der Waals surface area contributed by atoms with Crippen molar-refractivity contribution in [1.82, 2.24) is 15.5 Å². The molecule has 20 heavy (non-hydrogen) atoms. The molecule has 0 bridgehead atoms. The molecule has 2 rings (SSSR count). The third-order valence-electron chi connectivity index (χ3n) is 2.94. The van der Waals surface area contributed by atoms with Gasteiger partial charge in [0.1, 0.15) is 0 Å². The third kappa shape index (κ3) is 4.81. The van der Waals surface area contributed by atoms with Gasteiger partial charge < -0.3 is 9.84 Å². The van der Waals surface area contributed by atoms with Gasteiger partial charge in [0.2, 0.25) is 5.89 Å². The van der Waals surface area contributed by atoms with Crippen LogP contribution in [-0.2, 0) is 12.2 Å². The maximum Gasteiger partial charge on any atom is 0.237 e. The van der Waals surface area contributed by atoms with Crippen LogP contribution in [0.5, 0.6) is 0 Å². The predicted molar refractivity (Wildman–Crippen MR) is 84.5 cm³/mol. The first-order chi connectivity index (χ1) is 9.19. The quantitative estimate of drug-likeness (QED) is 0.830. The minimum atomic E-state index is 0. The van der Waals surface area contributed by atoms with E-state index in [0.717, 1.165) is 12.2 Å². The number of hydrogen-bond acceptors (Lipinski definition) is 5. The average molecular weight is 314 g/mol. The molecule has 2 aromatic rings. The lowest BCUT2D eigenvalue weighted by Gasteiger charge is -2.04. The fourth-order valence-corrected chi connectivity index (χ4v) is 2.53. The first-order valence-corrected chi connectivity index (χ1v) is 7.34. The normalized spacial score (nSPS) is 11.9. The van der Waals surface area contributed by atoms with Gasteiger partial charge in [-0.15, -0.1) is 24.2 Å². The van der Waals surface area contributed by atoms with Crippen LogP contribution in [0.1, 0.15) is 24.2 Å². The van der Waals surface area contributed by atoms with E-state index >= 15 is 0 Å². The molecule has 0 aliphatic heterocycles. The zero-order valence-electron chi connectivity index (χ0n) is 11.9. The Morgan fingerprint density at radius 3 is 2.80 bits per heavy atom. The van der Waals surface area contributed by atoms with E-state index in [0.29, 0.717) is 17.7 Å². The number of benzene rings is 1. The first-order valence-electron chi connectivity index (χ1n) is 6.36. The predicted octanol–water partition coefficient (Wildman–Crippen LogP) is 3.24. The molecule has 0 aliphatic rings. The molecule has 1 aromatic carbocycles. The number of halogens is 1. The van der Waals surface area contributed by atoms with Crippen LogP contribution in [0.15, 0.2) is 33.7 Å². The van der Waals surface area contributed by atoms with Crippen LogP contribution in [0.25, 0.3) is 0 Å². The summed E-state index contributed by atoms with van der Waals surface area (Å²) in [5.74, 6) is 2.17. The number of likely N-dealkylation sites (N-methyl/N-ethyl adjacent to an activating group) is 1. The summed E-state index contributed by atoms with van der Waals surface area (Å²) in [5.41, 5.74) is 1.27. The van der Waals surface area contributed by atoms with Gasteiger partial charge in [0.05, 0.1) is 5.75 Å². The van der Waals surface area contributed by atoms with Crippen molar-refractivity contribution in [2.45, 2.75) is 37.0 Å². The van der Waals surface area contributed by atoms with E-state index in [2.05, 4.69) is 41.4 Å². The molecule has 0 aliphatic carbocycles. The van der Waals surface area contributed by atoms with Crippen molar-refractivity contribution in [3.05, 3.63) is 41.5 Å². The summed E-state index contributed by atoms with van der Waals surface area (Å²) in [5, 5.41) is 7.16. The van der Waals surface area contributed by atoms with Crippen LogP contribution in [0.4, 0.5) is 0 Å². The molecule has 1 heterocycles. The second-order valence-corrected chi connectivity index (χ2v) is 5.57. The Labute approximate surface area is 130 Å². The van der Waals surface area contributed by atoms with Gasteiger partial charge in [-0.1, -0.05) is 23.4 Å². The van der Waals surface area contributed by atoms with Gasteiger partial charge in [-0.05, 0) is 32.5 Å². The second-order valence-electron chi connectivity index (χ2n) is 4.55. The molecule has 1 aromatic heterocycles. The van der Waals surface area contributed by atoms with Crippen LogP contribution in [0, 0.1) is 6.92 Å². The third-order valence-corrected chi connectivity index (χ3v) is 4.10. The Hall–Kier alpha value is -1.04. The Kier molecular flexibility index (Phi) is 7.05. The topological polar surface area (TPSA) is 51.0 Å². The number of aryl methyl sites for hydroxylation is 1. The number of rotatable bonds is 6. The van der Waals surface area contributed by atoms with E-state index in [-0.39, 0.29) is 12.4 Å². The van der Waals surface area contributed by atoms with Crippen molar-refractivity contribution in [2.75, 3.05) is 7.05 Å². The number of hydrogen-bond donors (Lipinski definition) is 1. The Morgan fingerprint density at radius 1 is 1.35 bits per heavy atom. The molecule has 1 N–H and O–H groups in total. The van der Waals surface area contributed by atoms with Crippen molar-refractivity contribution < 1.29 is 4.52 Å². The van der Waals surface area contributed by atoms with Gasteiger partial charge >= 0.3 is 0 Å². The monoisotopic (exact) mass is 313 g/mol. The lowest BCUT2D eigenvalue weighted by Crippen LogP contribution is -2.24. The molecular formula is C14H20ClN3OS. The highest BCUT2D eigenvalue weighted by Gasteiger charge is 2.10. The van der Waals surface area contributed by atoms with E-state index in [1.54, 1.807) is 11.8 Å². The first kappa shape index (κ1) is 17.0. The highest BCUT2D eigenvalue weighted by atomic mass is 35.5. The van der Waals surface area contributed by atoms with Crippen LogP contribution < -0.4 is 5.32 Å². The van der Waals surface area contributed by atoms with Crippen molar-refractivity contribution in [3.8, 4) is 0 Å². The molecule has 1 unspecified atom stereocenters. The molecule has 0 saturated heterocycles. The zero-order valence-corrected chi connectivity index (χ0v) is 13.6. The highest BCUT2D eigenvalue weighted by Crippen LogP contribution is 2.25. The lowest BCUT2D eigenvalue weighted by atomic mass is 10.2. The number of aromatic nitrogens is 2. The SMILES string of the molecule is CNC(C)Cc1noc(CSc2ccccc2C)n1.Cl. The molecule has 0 radical (unpaired) electrons. The van der Waals surface area contributed by atoms with Gasteiger partial charge in [-0.2, -0.15) is 4.98 Å². The van der Waals surface area contributed by atoms with Crippen molar-refractivity contribution in [1.29, 1.82) is 0 Å².